The van der Waals surface area contributed by atoms with E-state index in [0.717, 1.165) is 4.68 Å². The van der Waals surface area contributed by atoms with Crippen LogP contribution in [0, 0.1) is 0 Å². The minimum atomic E-state index is -0.634. The molecular weight excluding hydrogens is 302 g/mol. The standard InChI is InChI=1S/C15H19N3O5/c1-5-22-12(19)9-18-14(21)17-8-10(6-7-11(17)16-18)13(20)23-15(2,3)4/h6-8H,5,9H2,1-4H3. The molecule has 2 aromatic heterocycles. The van der Waals surface area contributed by atoms with E-state index >= 15 is 0 Å². The summed E-state index contributed by atoms with van der Waals surface area (Å²) < 4.78 is 12.2. The Hall–Kier alpha value is -2.64. The fourth-order valence-corrected chi connectivity index (χ4v) is 1.91. The van der Waals surface area contributed by atoms with Crippen LogP contribution in [0.25, 0.3) is 5.65 Å². The van der Waals surface area contributed by atoms with Crippen molar-refractivity contribution in [2.45, 2.75) is 39.8 Å². The number of esters is 2. The van der Waals surface area contributed by atoms with E-state index in [-0.39, 0.29) is 18.7 Å². The van der Waals surface area contributed by atoms with Crippen molar-refractivity contribution < 1.29 is 19.1 Å². The minimum absolute atomic E-state index is 0.226. The minimum Gasteiger partial charge on any atom is -0.465 e. The third-order valence-electron chi connectivity index (χ3n) is 2.80. The molecule has 0 N–H and O–H groups in total. The summed E-state index contributed by atoms with van der Waals surface area (Å²) in [6, 6.07) is 3.03. The van der Waals surface area contributed by atoms with Crippen molar-refractivity contribution in [2.24, 2.45) is 0 Å². The number of rotatable bonds is 4. The third kappa shape index (κ3) is 3.97. The molecule has 2 heterocycles. The number of nitrogens with zero attached hydrogens (tertiary/aromatic N) is 3. The summed E-state index contributed by atoms with van der Waals surface area (Å²) in [4.78, 5) is 35.7. The van der Waals surface area contributed by atoms with Crippen molar-refractivity contribution in [1.82, 2.24) is 14.2 Å². The molecule has 8 heteroatoms. The highest BCUT2D eigenvalue weighted by Gasteiger charge is 2.19. The highest BCUT2D eigenvalue weighted by atomic mass is 16.6. The van der Waals surface area contributed by atoms with Crippen molar-refractivity contribution in [3.05, 3.63) is 34.4 Å². The highest BCUT2D eigenvalue weighted by Crippen LogP contribution is 2.12. The van der Waals surface area contributed by atoms with Gasteiger partial charge in [-0.1, -0.05) is 0 Å². The van der Waals surface area contributed by atoms with Gasteiger partial charge >= 0.3 is 17.6 Å². The lowest BCUT2D eigenvalue weighted by Crippen LogP contribution is -2.27. The van der Waals surface area contributed by atoms with Crippen LogP contribution in [0.2, 0.25) is 0 Å². The van der Waals surface area contributed by atoms with Gasteiger partial charge in [-0.25, -0.2) is 18.7 Å². The lowest BCUT2D eigenvalue weighted by Gasteiger charge is -2.19. The molecular formula is C15H19N3O5. The van der Waals surface area contributed by atoms with Gasteiger partial charge in [-0.3, -0.25) is 4.79 Å². The van der Waals surface area contributed by atoms with Crippen LogP contribution in [-0.2, 0) is 20.8 Å². The van der Waals surface area contributed by atoms with E-state index in [0.29, 0.717) is 5.65 Å². The fourth-order valence-electron chi connectivity index (χ4n) is 1.91. The largest absolute Gasteiger partial charge is 0.465 e. The molecule has 0 atom stereocenters. The third-order valence-corrected chi connectivity index (χ3v) is 2.80. The summed E-state index contributed by atoms with van der Waals surface area (Å²) in [5.74, 6) is -1.09. The van der Waals surface area contributed by atoms with E-state index in [1.165, 1.54) is 22.7 Å². The second kappa shape index (κ2) is 6.23. The molecule has 23 heavy (non-hydrogen) atoms. The van der Waals surface area contributed by atoms with Gasteiger partial charge < -0.3 is 9.47 Å². The van der Waals surface area contributed by atoms with Crippen molar-refractivity contribution >= 4 is 17.6 Å². The maximum atomic E-state index is 12.2. The monoisotopic (exact) mass is 321 g/mol. The number of hydrogen-bond donors (Lipinski definition) is 0. The first-order valence-corrected chi connectivity index (χ1v) is 7.19. The van der Waals surface area contributed by atoms with Crippen LogP contribution >= 0.6 is 0 Å². The summed E-state index contributed by atoms with van der Waals surface area (Å²) in [5.41, 5.74) is -0.610. The molecule has 8 nitrogen and oxygen atoms in total. The van der Waals surface area contributed by atoms with Gasteiger partial charge in [0, 0.05) is 6.20 Å². The van der Waals surface area contributed by atoms with Crippen molar-refractivity contribution in [3.63, 3.8) is 0 Å². The predicted octanol–water partition coefficient (Wildman–Crippen LogP) is 1.01. The number of ether oxygens (including phenoxy) is 2. The lowest BCUT2D eigenvalue weighted by atomic mass is 10.2. The molecule has 2 rings (SSSR count). The zero-order chi connectivity index (χ0) is 17.2. The Bertz CT molecular complexity index is 798. The topological polar surface area (TPSA) is 91.9 Å². The number of carbonyl (C=O) groups excluding carboxylic acids is 2. The van der Waals surface area contributed by atoms with Crippen LogP contribution < -0.4 is 5.69 Å². The Morgan fingerprint density at radius 3 is 2.57 bits per heavy atom. The van der Waals surface area contributed by atoms with E-state index < -0.39 is 23.2 Å². The van der Waals surface area contributed by atoms with E-state index in [9.17, 15) is 14.4 Å². The van der Waals surface area contributed by atoms with Gasteiger partial charge in [0.05, 0.1) is 12.2 Å². The Kier molecular flexibility index (Phi) is 4.53. The molecule has 0 amide bonds. The molecule has 0 saturated heterocycles. The first-order chi connectivity index (χ1) is 10.7. The fraction of sp³-hybridized carbons (Fsp3) is 0.467. The molecule has 0 radical (unpaired) electrons. The van der Waals surface area contributed by atoms with E-state index in [1.54, 1.807) is 27.7 Å². The van der Waals surface area contributed by atoms with E-state index in [1.807, 2.05) is 0 Å². The van der Waals surface area contributed by atoms with E-state index in [2.05, 4.69) is 5.10 Å². The first-order valence-electron chi connectivity index (χ1n) is 7.19. The molecule has 0 aliphatic carbocycles. The van der Waals surface area contributed by atoms with Crippen LogP contribution in [0.5, 0.6) is 0 Å². The van der Waals surface area contributed by atoms with Gasteiger partial charge in [0.1, 0.15) is 12.1 Å². The Morgan fingerprint density at radius 1 is 1.26 bits per heavy atom. The number of hydrogen-bond acceptors (Lipinski definition) is 6. The highest BCUT2D eigenvalue weighted by molar-refractivity contribution is 5.89. The second-order valence-electron chi connectivity index (χ2n) is 5.89. The van der Waals surface area contributed by atoms with Gasteiger partial charge in [-0.2, -0.15) is 0 Å². The summed E-state index contributed by atoms with van der Waals surface area (Å²) >= 11 is 0. The summed E-state index contributed by atoms with van der Waals surface area (Å²) in [6.07, 6.45) is 1.35. The van der Waals surface area contributed by atoms with Gasteiger partial charge in [-0.05, 0) is 39.8 Å². The van der Waals surface area contributed by atoms with Crippen molar-refractivity contribution in [1.29, 1.82) is 0 Å². The Labute approximate surface area is 132 Å². The number of pyridine rings is 1. The van der Waals surface area contributed by atoms with Crippen molar-refractivity contribution in [2.75, 3.05) is 6.61 Å². The van der Waals surface area contributed by atoms with Crippen molar-refractivity contribution in [3.8, 4) is 0 Å². The average molecular weight is 321 g/mol. The SMILES string of the molecule is CCOC(=O)Cn1nc2ccc(C(=O)OC(C)(C)C)cn2c1=O. The van der Waals surface area contributed by atoms with Crippen LogP contribution in [0.1, 0.15) is 38.1 Å². The van der Waals surface area contributed by atoms with Crippen LogP contribution in [0.4, 0.5) is 0 Å². The average Bonchev–Trinajstić information content (AvgIpc) is 2.73. The molecule has 0 fully saturated rings. The maximum Gasteiger partial charge on any atom is 0.350 e. The molecule has 0 saturated carbocycles. The van der Waals surface area contributed by atoms with Gasteiger partial charge in [-0.15, -0.1) is 5.10 Å². The van der Waals surface area contributed by atoms with Crippen LogP contribution in [0.15, 0.2) is 23.1 Å². The number of fused-ring (bicyclic) bond motifs is 1. The van der Waals surface area contributed by atoms with E-state index in [4.69, 9.17) is 9.47 Å². The number of aromatic nitrogens is 3. The Morgan fingerprint density at radius 2 is 1.96 bits per heavy atom. The molecule has 0 aliphatic heterocycles. The molecule has 2 aromatic rings. The van der Waals surface area contributed by atoms with Gasteiger partial charge in [0.2, 0.25) is 0 Å². The van der Waals surface area contributed by atoms with Crippen LogP contribution in [-0.4, -0.2) is 38.3 Å². The lowest BCUT2D eigenvalue weighted by molar-refractivity contribution is -0.144. The molecule has 124 valence electrons. The Balaban J connectivity index is 2.33. The quantitative estimate of drug-likeness (QED) is 0.781. The van der Waals surface area contributed by atoms with Crippen LogP contribution in [0.3, 0.4) is 0 Å². The predicted molar refractivity (Wildman–Crippen MR) is 81.3 cm³/mol. The smallest absolute Gasteiger partial charge is 0.350 e. The summed E-state index contributed by atoms with van der Waals surface area (Å²) in [5, 5.41) is 4.02. The normalized spacial score (nSPS) is 11.5. The molecule has 0 spiro atoms. The zero-order valence-corrected chi connectivity index (χ0v) is 13.5. The summed E-state index contributed by atoms with van der Waals surface area (Å²) in [6.45, 7) is 6.89. The molecule has 0 bridgehead atoms. The number of carbonyl (C=O) groups is 2. The molecule has 0 unspecified atom stereocenters. The first kappa shape index (κ1) is 16.7. The molecule has 0 aromatic carbocycles. The zero-order valence-electron chi connectivity index (χ0n) is 13.5. The summed E-state index contributed by atoms with van der Waals surface area (Å²) in [7, 11) is 0. The maximum absolute atomic E-state index is 12.2. The molecule has 0 aliphatic rings. The van der Waals surface area contributed by atoms with Gasteiger partial charge in [0.15, 0.2) is 5.65 Å². The van der Waals surface area contributed by atoms with Gasteiger partial charge in [0.25, 0.3) is 0 Å². The second-order valence-corrected chi connectivity index (χ2v) is 5.89.